The first-order chi connectivity index (χ1) is 10.6. The molecule has 1 aromatic rings. The average molecular weight is 347 g/mol. The average Bonchev–Trinajstić information content (AvgIpc) is 2.95. The zero-order valence-electron chi connectivity index (χ0n) is 12.7. The molecule has 2 unspecified atom stereocenters. The van der Waals surface area contributed by atoms with Crippen molar-refractivity contribution in [3.63, 3.8) is 0 Å². The molecule has 1 aromatic heterocycles. The molecule has 1 aliphatic carbocycles. The van der Waals surface area contributed by atoms with E-state index in [4.69, 9.17) is 27.2 Å². The SMILES string of the molecule is CCCSc1nc(Cl)c(N)c(NC2CCC(OCCO)C2)n1. The number of nitrogens with one attached hydrogen (secondary N) is 1. The van der Waals surface area contributed by atoms with E-state index in [1.807, 2.05) is 0 Å². The van der Waals surface area contributed by atoms with Crippen LogP contribution in [0.5, 0.6) is 0 Å². The maximum absolute atomic E-state index is 8.80. The summed E-state index contributed by atoms with van der Waals surface area (Å²) in [5.74, 6) is 1.55. The van der Waals surface area contributed by atoms with E-state index in [0.717, 1.165) is 31.4 Å². The summed E-state index contributed by atoms with van der Waals surface area (Å²) in [4.78, 5) is 8.67. The van der Waals surface area contributed by atoms with Gasteiger partial charge in [-0.05, 0) is 25.7 Å². The van der Waals surface area contributed by atoms with Crippen molar-refractivity contribution >= 4 is 34.9 Å². The van der Waals surface area contributed by atoms with Gasteiger partial charge in [0.1, 0.15) is 5.69 Å². The summed E-state index contributed by atoms with van der Waals surface area (Å²) in [7, 11) is 0. The third kappa shape index (κ3) is 4.87. The normalized spacial score (nSPS) is 21.2. The summed E-state index contributed by atoms with van der Waals surface area (Å²) >= 11 is 7.67. The van der Waals surface area contributed by atoms with E-state index in [9.17, 15) is 0 Å². The summed E-state index contributed by atoms with van der Waals surface area (Å²) < 4.78 is 5.57. The van der Waals surface area contributed by atoms with Crippen molar-refractivity contribution < 1.29 is 9.84 Å². The number of aliphatic hydroxyl groups is 1. The number of hydrogen-bond acceptors (Lipinski definition) is 7. The largest absolute Gasteiger partial charge is 0.394 e. The lowest BCUT2D eigenvalue weighted by molar-refractivity contribution is 0.0326. The second-order valence-electron chi connectivity index (χ2n) is 5.28. The highest BCUT2D eigenvalue weighted by atomic mass is 35.5. The Balaban J connectivity index is 1.98. The van der Waals surface area contributed by atoms with E-state index in [0.29, 0.717) is 28.4 Å². The number of aliphatic hydroxyl groups excluding tert-OH is 1. The lowest BCUT2D eigenvalue weighted by Gasteiger charge is -2.16. The highest BCUT2D eigenvalue weighted by Crippen LogP contribution is 2.31. The molecule has 0 aromatic carbocycles. The van der Waals surface area contributed by atoms with Crippen LogP contribution in [0, 0.1) is 0 Å². The number of anilines is 2. The van der Waals surface area contributed by atoms with Crippen molar-refractivity contribution in [1.82, 2.24) is 9.97 Å². The summed E-state index contributed by atoms with van der Waals surface area (Å²) in [6.45, 7) is 2.55. The predicted octanol–water partition coefficient (Wildman–Crippen LogP) is 2.56. The molecule has 6 nitrogen and oxygen atoms in total. The quantitative estimate of drug-likeness (QED) is 0.378. The number of ether oxygens (including phenoxy) is 1. The van der Waals surface area contributed by atoms with Gasteiger partial charge in [-0.2, -0.15) is 0 Å². The molecular formula is C14H23ClN4O2S. The number of rotatable bonds is 8. The predicted molar refractivity (Wildman–Crippen MR) is 90.6 cm³/mol. The van der Waals surface area contributed by atoms with Crippen LogP contribution in [0.4, 0.5) is 11.5 Å². The van der Waals surface area contributed by atoms with Crippen LogP contribution in [0.2, 0.25) is 5.15 Å². The second kappa shape index (κ2) is 8.76. The van der Waals surface area contributed by atoms with Crippen molar-refractivity contribution in [1.29, 1.82) is 0 Å². The Morgan fingerprint density at radius 1 is 1.45 bits per heavy atom. The van der Waals surface area contributed by atoms with Gasteiger partial charge < -0.3 is 20.9 Å². The van der Waals surface area contributed by atoms with Crippen molar-refractivity contribution in [2.75, 3.05) is 30.0 Å². The van der Waals surface area contributed by atoms with Crippen LogP contribution in [0.15, 0.2) is 5.16 Å². The zero-order chi connectivity index (χ0) is 15.9. The Kier molecular flexibility index (Phi) is 7.01. The highest BCUT2D eigenvalue weighted by Gasteiger charge is 2.26. The molecule has 0 aliphatic heterocycles. The highest BCUT2D eigenvalue weighted by molar-refractivity contribution is 7.99. The minimum atomic E-state index is 0.0566. The molecule has 1 fully saturated rings. The number of hydrogen-bond donors (Lipinski definition) is 3. The molecule has 0 bridgehead atoms. The van der Waals surface area contributed by atoms with Gasteiger partial charge in [0.2, 0.25) is 0 Å². The van der Waals surface area contributed by atoms with Crippen LogP contribution >= 0.6 is 23.4 Å². The van der Waals surface area contributed by atoms with Crippen molar-refractivity contribution in [2.24, 2.45) is 0 Å². The van der Waals surface area contributed by atoms with E-state index in [1.165, 1.54) is 0 Å². The third-order valence-corrected chi connectivity index (χ3v) is 4.83. The molecule has 2 rings (SSSR count). The van der Waals surface area contributed by atoms with Crippen LogP contribution in [0.3, 0.4) is 0 Å². The van der Waals surface area contributed by atoms with Crippen LogP contribution in [0.25, 0.3) is 0 Å². The summed E-state index contributed by atoms with van der Waals surface area (Å²) in [6, 6.07) is 0.251. The van der Waals surface area contributed by atoms with Crippen LogP contribution in [-0.2, 0) is 4.74 Å². The Morgan fingerprint density at radius 3 is 3.00 bits per heavy atom. The van der Waals surface area contributed by atoms with Gasteiger partial charge in [-0.3, -0.25) is 0 Å². The van der Waals surface area contributed by atoms with Crippen molar-refractivity contribution in [3.05, 3.63) is 5.15 Å². The summed E-state index contributed by atoms with van der Waals surface area (Å²) in [5.41, 5.74) is 6.37. The van der Waals surface area contributed by atoms with Gasteiger partial charge in [0.15, 0.2) is 16.1 Å². The monoisotopic (exact) mass is 346 g/mol. The van der Waals surface area contributed by atoms with Gasteiger partial charge in [-0.25, -0.2) is 9.97 Å². The van der Waals surface area contributed by atoms with E-state index in [2.05, 4.69) is 22.2 Å². The van der Waals surface area contributed by atoms with Crippen LogP contribution in [-0.4, -0.2) is 46.2 Å². The van der Waals surface area contributed by atoms with E-state index in [-0.39, 0.29) is 18.8 Å². The molecule has 4 N–H and O–H groups in total. The fraction of sp³-hybridized carbons (Fsp3) is 0.714. The molecule has 0 spiro atoms. The van der Waals surface area contributed by atoms with Crippen LogP contribution in [0.1, 0.15) is 32.6 Å². The first kappa shape index (κ1) is 17.6. The molecule has 124 valence electrons. The molecule has 1 saturated carbocycles. The van der Waals surface area contributed by atoms with E-state index < -0.39 is 0 Å². The number of thioether (sulfide) groups is 1. The van der Waals surface area contributed by atoms with Crippen molar-refractivity contribution in [2.45, 2.75) is 49.9 Å². The van der Waals surface area contributed by atoms with Gasteiger partial charge in [-0.15, -0.1) is 0 Å². The fourth-order valence-electron chi connectivity index (χ4n) is 2.43. The molecule has 8 heteroatoms. The molecule has 1 heterocycles. The Labute approximate surface area is 140 Å². The second-order valence-corrected chi connectivity index (χ2v) is 6.70. The minimum Gasteiger partial charge on any atom is -0.394 e. The number of nitrogens with zero attached hydrogens (tertiary/aromatic N) is 2. The third-order valence-electron chi connectivity index (χ3n) is 3.48. The van der Waals surface area contributed by atoms with E-state index in [1.54, 1.807) is 11.8 Å². The maximum atomic E-state index is 8.80. The number of halogens is 1. The minimum absolute atomic E-state index is 0.0566. The standard InChI is InChI=1S/C14H23ClN4O2S/c1-2-7-22-14-18-12(15)11(16)13(19-14)17-9-3-4-10(8-9)21-6-5-20/h9-10,20H,2-8,16H2,1H3,(H,17,18,19). The van der Waals surface area contributed by atoms with Gasteiger partial charge in [0.25, 0.3) is 0 Å². The van der Waals surface area contributed by atoms with Crippen molar-refractivity contribution in [3.8, 4) is 0 Å². The first-order valence-corrected chi connectivity index (χ1v) is 8.95. The molecule has 1 aliphatic rings. The smallest absolute Gasteiger partial charge is 0.191 e. The maximum Gasteiger partial charge on any atom is 0.191 e. The molecule has 22 heavy (non-hydrogen) atoms. The molecule has 2 atom stereocenters. The molecular weight excluding hydrogens is 324 g/mol. The number of aromatic nitrogens is 2. The lowest BCUT2D eigenvalue weighted by atomic mass is 10.2. The zero-order valence-corrected chi connectivity index (χ0v) is 14.3. The van der Waals surface area contributed by atoms with Gasteiger partial charge in [0, 0.05) is 11.8 Å². The van der Waals surface area contributed by atoms with Gasteiger partial charge in [0.05, 0.1) is 19.3 Å². The van der Waals surface area contributed by atoms with Gasteiger partial charge >= 0.3 is 0 Å². The topological polar surface area (TPSA) is 93.3 Å². The first-order valence-electron chi connectivity index (χ1n) is 7.58. The van der Waals surface area contributed by atoms with Crippen LogP contribution < -0.4 is 11.1 Å². The summed E-state index contributed by atoms with van der Waals surface area (Å²) in [6.07, 6.45) is 4.05. The Bertz CT molecular complexity index is 492. The molecule has 0 saturated heterocycles. The molecule has 0 amide bonds. The Hall–Kier alpha value is -0.760. The fourth-order valence-corrected chi connectivity index (χ4v) is 3.34. The van der Waals surface area contributed by atoms with E-state index >= 15 is 0 Å². The number of nitrogen functional groups attached to an aromatic ring is 1. The number of nitrogens with two attached hydrogens (primary N) is 1. The molecule has 0 radical (unpaired) electrons. The lowest BCUT2D eigenvalue weighted by Crippen LogP contribution is -2.20. The summed E-state index contributed by atoms with van der Waals surface area (Å²) in [5, 5.41) is 13.1. The Morgan fingerprint density at radius 2 is 2.27 bits per heavy atom. The van der Waals surface area contributed by atoms with Gasteiger partial charge in [-0.1, -0.05) is 30.3 Å².